The van der Waals surface area contributed by atoms with Gasteiger partial charge in [0.15, 0.2) is 5.17 Å². The molecule has 0 bridgehead atoms. The molecule has 2 aliphatic rings. The number of carbonyl (C=O) groups excluding carboxylic acids is 1. The summed E-state index contributed by atoms with van der Waals surface area (Å²) in [6, 6.07) is 29.5. The third kappa shape index (κ3) is 4.93. The van der Waals surface area contributed by atoms with Crippen molar-refractivity contribution in [1.29, 1.82) is 0 Å². The van der Waals surface area contributed by atoms with Crippen molar-refractivity contribution in [3.05, 3.63) is 107 Å². The Balaban J connectivity index is 1.27. The minimum Gasteiger partial charge on any atom is -0.497 e. The monoisotopic (exact) mass is 470 g/mol. The molecule has 1 saturated heterocycles. The molecule has 6 heteroatoms. The van der Waals surface area contributed by atoms with Crippen LogP contribution in [-0.4, -0.2) is 49.3 Å². The van der Waals surface area contributed by atoms with E-state index in [1.807, 2.05) is 30.3 Å². The molecule has 1 fully saturated rings. The van der Waals surface area contributed by atoms with Crippen molar-refractivity contribution in [3.8, 4) is 5.75 Å². The number of methoxy groups -OCH3 is 1. The van der Waals surface area contributed by atoms with E-state index in [2.05, 4.69) is 70.6 Å². The molecule has 172 valence electrons. The first-order valence-electron chi connectivity index (χ1n) is 11.6. The maximum atomic E-state index is 12.6. The molecule has 3 aromatic rings. The topological polar surface area (TPSA) is 46.3 Å². The van der Waals surface area contributed by atoms with Crippen LogP contribution in [0.1, 0.15) is 22.7 Å². The normalized spacial score (nSPS) is 17.9. The Kier molecular flexibility index (Phi) is 6.79. The fourth-order valence-electron chi connectivity index (χ4n) is 4.61. The number of benzene rings is 3. The number of nitrogens with one attached hydrogen (secondary N) is 1. The number of hydrogen-bond acceptors (Lipinski definition) is 4. The predicted octanol–water partition coefficient (Wildman–Crippen LogP) is 3.66. The molecule has 1 N–H and O–H groups in total. The molecule has 0 unspecified atom stereocenters. The summed E-state index contributed by atoms with van der Waals surface area (Å²) in [5.74, 6) is 0.645. The zero-order chi connectivity index (χ0) is 23.3. The number of quaternary nitrogens is 1. The highest BCUT2D eigenvalue weighted by atomic mass is 32.2. The largest absolute Gasteiger partial charge is 0.497 e. The number of nitrogens with zero attached hydrogens (tertiary/aromatic N) is 2. The van der Waals surface area contributed by atoms with Crippen LogP contribution in [0.3, 0.4) is 0 Å². The van der Waals surface area contributed by atoms with Crippen molar-refractivity contribution >= 4 is 28.9 Å². The smallest absolute Gasteiger partial charge is 0.286 e. The summed E-state index contributed by atoms with van der Waals surface area (Å²) in [7, 11) is 1.65. The third-order valence-electron chi connectivity index (χ3n) is 6.37. The van der Waals surface area contributed by atoms with E-state index in [0.717, 1.165) is 42.7 Å². The number of piperazine rings is 1. The van der Waals surface area contributed by atoms with E-state index in [-0.39, 0.29) is 5.91 Å². The lowest BCUT2D eigenvalue weighted by molar-refractivity contribution is -0.929. The second-order valence-corrected chi connectivity index (χ2v) is 9.49. The maximum Gasteiger partial charge on any atom is 0.286 e. The van der Waals surface area contributed by atoms with Crippen LogP contribution < -0.4 is 9.64 Å². The van der Waals surface area contributed by atoms with Gasteiger partial charge >= 0.3 is 0 Å². The molecule has 5 rings (SSSR count). The van der Waals surface area contributed by atoms with Gasteiger partial charge in [0.25, 0.3) is 5.91 Å². The van der Waals surface area contributed by atoms with Gasteiger partial charge in [-0.2, -0.15) is 4.99 Å². The van der Waals surface area contributed by atoms with E-state index in [1.54, 1.807) is 7.11 Å². The molecule has 2 aliphatic heterocycles. The number of hydrogen-bond donors (Lipinski definition) is 1. The third-order valence-corrected chi connectivity index (χ3v) is 7.42. The van der Waals surface area contributed by atoms with Crippen LogP contribution in [0.15, 0.2) is 94.8 Å². The Morgan fingerprint density at radius 3 is 2.06 bits per heavy atom. The first kappa shape index (κ1) is 22.4. The van der Waals surface area contributed by atoms with Crippen molar-refractivity contribution in [2.45, 2.75) is 6.04 Å². The van der Waals surface area contributed by atoms with E-state index in [9.17, 15) is 4.79 Å². The van der Waals surface area contributed by atoms with Gasteiger partial charge < -0.3 is 14.5 Å². The first-order valence-corrected chi connectivity index (χ1v) is 12.4. The molecule has 34 heavy (non-hydrogen) atoms. The summed E-state index contributed by atoms with van der Waals surface area (Å²) >= 11 is 1.48. The van der Waals surface area contributed by atoms with Crippen LogP contribution in [0.25, 0.3) is 6.08 Å². The SMILES string of the molecule is COc1ccc(/C=C2/SC(N3CC[NH+](C(c4ccccc4)c4ccccc4)CC3)=NC2=O)cc1. The molecule has 2 heterocycles. The van der Waals surface area contributed by atoms with Crippen molar-refractivity contribution in [2.75, 3.05) is 33.3 Å². The molecule has 0 radical (unpaired) electrons. The molecule has 0 spiro atoms. The van der Waals surface area contributed by atoms with Crippen LogP contribution >= 0.6 is 11.8 Å². The summed E-state index contributed by atoms with van der Waals surface area (Å²) in [5, 5.41) is 0.819. The predicted molar refractivity (Wildman–Crippen MR) is 138 cm³/mol. The molecule has 3 aromatic carbocycles. The van der Waals surface area contributed by atoms with Crippen LogP contribution in [0.2, 0.25) is 0 Å². The van der Waals surface area contributed by atoms with Crippen LogP contribution in [0.4, 0.5) is 0 Å². The fraction of sp³-hybridized carbons (Fsp3) is 0.214. The summed E-state index contributed by atoms with van der Waals surface area (Å²) in [6.45, 7) is 3.72. The summed E-state index contributed by atoms with van der Waals surface area (Å²) in [6.07, 6.45) is 1.91. The maximum absolute atomic E-state index is 12.6. The Bertz CT molecular complexity index is 1150. The van der Waals surface area contributed by atoms with Crippen LogP contribution in [-0.2, 0) is 4.79 Å². The van der Waals surface area contributed by atoms with E-state index in [1.165, 1.54) is 27.8 Å². The highest BCUT2D eigenvalue weighted by molar-refractivity contribution is 8.18. The Morgan fingerprint density at radius 2 is 1.50 bits per heavy atom. The number of carbonyl (C=O) groups is 1. The lowest BCUT2D eigenvalue weighted by atomic mass is 9.96. The summed E-state index contributed by atoms with van der Waals surface area (Å²) < 4.78 is 5.21. The molecular weight excluding hydrogens is 442 g/mol. The summed E-state index contributed by atoms with van der Waals surface area (Å²) in [4.78, 5) is 21.4. The summed E-state index contributed by atoms with van der Waals surface area (Å²) in [5.41, 5.74) is 3.64. The van der Waals surface area contributed by atoms with Gasteiger partial charge in [0.05, 0.1) is 38.2 Å². The Morgan fingerprint density at radius 1 is 0.912 bits per heavy atom. The highest BCUT2D eigenvalue weighted by Gasteiger charge is 2.33. The molecule has 0 saturated carbocycles. The zero-order valence-corrected chi connectivity index (χ0v) is 20.0. The number of ether oxygens (including phenoxy) is 1. The second-order valence-electron chi connectivity index (χ2n) is 8.48. The minimum absolute atomic E-state index is 0.156. The van der Waals surface area contributed by atoms with Crippen molar-refractivity contribution < 1.29 is 14.4 Å². The lowest BCUT2D eigenvalue weighted by Crippen LogP contribution is -3.15. The van der Waals surface area contributed by atoms with E-state index in [4.69, 9.17) is 4.74 Å². The molecule has 0 aliphatic carbocycles. The van der Waals surface area contributed by atoms with Gasteiger partial charge in [-0.15, -0.1) is 0 Å². The minimum atomic E-state index is -0.156. The first-order chi connectivity index (χ1) is 16.7. The van der Waals surface area contributed by atoms with Crippen LogP contribution in [0, 0.1) is 0 Å². The number of amides is 1. The Hall–Kier alpha value is -3.35. The molecule has 1 amide bonds. The zero-order valence-electron chi connectivity index (χ0n) is 19.2. The van der Waals surface area contributed by atoms with E-state index in [0.29, 0.717) is 10.9 Å². The second kappa shape index (κ2) is 10.3. The standard InChI is InChI=1S/C28H27N3O2S/c1-33-24-14-12-21(13-15-24)20-25-27(32)29-28(34-25)31-18-16-30(17-19-31)26(22-8-4-2-5-9-22)23-10-6-3-7-11-23/h2-15,20,26H,16-19H2,1H3/p+1/b25-20+. The highest BCUT2D eigenvalue weighted by Crippen LogP contribution is 2.30. The van der Waals surface area contributed by atoms with E-state index >= 15 is 0 Å². The molecule has 0 atom stereocenters. The number of rotatable bonds is 5. The van der Waals surface area contributed by atoms with Gasteiger partial charge in [0.1, 0.15) is 11.8 Å². The average Bonchev–Trinajstić information content (AvgIpc) is 3.26. The van der Waals surface area contributed by atoms with E-state index < -0.39 is 0 Å². The van der Waals surface area contributed by atoms with Crippen molar-refractivity contribution in [2.24, 2.45) is 4.99 Å². The molecule has 0 aromatic heterocycles. The fourth-order valence-corrected chi connectivity index (χ4v) is 5.58. The van der Waals surface area contributed by atoms with Crippen molar-refractivity contribution in [3.63, 3.8) is 0 Å². The van der Waals surface area contributed by atoms with Crippen LogP contribution in [0.5, 0.6) is 5.75 Å². The van der Waals surface area contributed by atoms with Crippen molar-refractivity contribution in [1.82, 2.24) is 4.90 Å². The van der Waals surface area contributed by atoms with Gasteiger partial charge in [-0.3, -0.25) is 4.79 Å². The number of thioether (sulfide) groups is 1. The lowest BCUT2D eigenvalue weighted by Gasteiger charge is -2.37. The average molecular weight is 471 g/mol. The van der Waals surface area contributed by atoms with Gasteiger partial charge in [-0.1, -0.05) is 72.8 Å². The molecule has 5 nitrogen and oxygen atoms in total. The Labute approximate surface area is 204 Å². The number of amidine groups is 1. The van der Waals surface area contributed by atoms with Gasteiger partial charge in [-0.25, -0.2) is 0 Å². The quantitative estimate of drug-likeness (QED) is 0.579. The van der Waals surface area contributed by atoms with Gasteiger partial charge in [-0.05, 0) is 35.5 Å². The van der Waals surface area contributed by atoms with Gasteiger partial charge in [0.2, 0.25) is 0 Å². The van der Waals surface area contributed by atoms with Gasteiger partial charge in [0, 0.05) is 11.1 Å². The number of aliphatic imine (C=N–C) groups is 1. The molecular formula is C28H28N3O2S+.